The summed E-state index contributed by atoms with van der Waals surface area (Å²) in [4.78, 5) is 0. The van der Waals surface area contributed by atoms with E-state index in [9.17, 15) is 0 Å². The van der Waals surface area contributed by atoms with E-state index in [4.69, 9.17) is 9.47 Å². The normalized spacial score (nSPS) is 15.4. The summed E-state index contributed by atoms with van der Waals surface area (Å²) >= 11 is 3.57. The Morgan fingerprint density at radius 3 is 2.60 bits per heavy atom. The fourth-order valence-electron chi connectivity index (χ4n) is 1.82. The van der Waals surface area contributed by atoms with Gasteiger partial charge in [0.2, 0.25) is 0 Å². The molecule has 1 aliphatic rings. The van der Waals surface area contributed by atoms with Gasteiger partial charge in [0, 0.05) is 12.6 Å². The number of nitrogens with one attached hydrogen (secondary N) is 1. The van der Waals surface area contributed by atoms with Crippen molar-refractivity contribution in [3.63, 3.8) is 0 Å². The van der Waals surface area contributed by atoms with Crippen molar-refractivity contribution in [2.75, 3.05) is 13.2 Å². The van der Waals surface area contributed by atoms with Crippen molar-refractivity contribution in [1.29, 1.82) is 0 Å². The molecule has 0 bridgehead atoms. The Hall–Kier alpha value is -0.580. The number of halogens is 1. The monoisotopic (exact) mass is 341 g/mol. The zero-order chi connectivity index (χ0) is 14.6. The van der Waals surface area contributed by atoms with Crippen molar-refractivity contribution in [3.8, 4) is 5.75 Å². The average Bonchev–Trinajstić information content (AvgIpc) is 3.17. The van der Waals surface area contributed by atoms with E-state index < -0.39 is 0 Å². The fraction of sp³-hybridized carbons (Fsp3) is 0.625. The predicted octanol–water partition coefficient (Wildman–Crippen LogP) is 3.90. The molecule has 0 saturated heterocycles. The first kappa shape index (κ1) is 15.8. The fourth-order valence-corrected chi connectivity index (χ4v) is 2.36. The maximum absolute atomic E-state index is 5.73. The molecule has 1 aliphatic carbocycles. The van der Waals surface area contributed by atoms with E-state index in [0.29, 0.717) is 13.2 Å². The molecule has 3 nitrogen and oxygen atoms in total. The summed E-state index contributed by atoms with van der Waals surface area (Å²) in [7, 11) is 0. The summed E-state index contributed by atoms with van der Waals surface area (Å²) in [6.45, 7) is 8.23. The third-order valence-electron chi connectivity index (χ3n) is 3.04. The van der Waals surface area contributed by atoms with Crippen LogP contribution in [0.3, 0.4) is 0 Å². The van der Waals surface area contributed by atoms with Crippen molar-refractivity contribution in [2.45, 2.75) is 51.8 Å². The van der Waals surface area contributed by atoms with Crippen molar-refractivity contribution < 1.29 is 9.47 Å². The van der Waals surface area contributed by atoms with Gasteiger partial charge in [-0.25, -0.2) is 0 Å². The van der Waals surface area contributed by atoms with E-state index in [2.05, 4.69) is 33.4 Å². The Balaban J connectivity index is 1.76. The largest absolute Gasteiger partial charge is 0.490 e. The van der Waals surface area contributed by atoms with Crippen molar-refractivity contribution in [2.24, 2.45) is 0 Å². The first-order chi connectivity index (χ1) is 9.44. The van der Waals surface area contributed by atoms with Gasteiger partial charge in [0.1, 0.15) is 12.4 Å². The van der Waals surface area contributed by atoms with E-state index in [1.54, 1.807) is 0 Å². The Bertz CT molecular complexity index is 439. The molecule has 1 aromatic carbocycles. The molecule has 1 saturated carbocycles. The van der Waals surface area contributed by atoms with Crippen LogP contribution in [0.5, 0.6) is 5.75 Å². The summed E-state index contributed by atoms with van der Waals surface area (Å²) in [5.41, 5.74) is 1.17. The minimum Gasteiger partial charge on any atom is -0.490 e. The van der Waals surface area contributed by atoms with E-state index in [1.165, 1.54) is 18.4 Å². The first-order valence-electron chi connectivity index (χ1n) is 7.22. The highest BCUT2D eigenvalue weighted by atomic mass is 79.9. The molecule has 1 aromatic rings. The second-order valence-corrected chi connectivity index (χ2v) is 7.08. The van der Waals surface area contributed by atoms with E-state index in [0.717, 1.165) is 22.8 Å². The number of ether oxygens (including phenoxy) is 2. The molecule has 20 heavy (non-hydrogen) atoms. The van der Waals surface area contributed by atoms with E-state index >= 15 is 0 Å². The Kier molecular flexibility index (Phi) is 5.47. The predicted molar refractivity (Wildman–Crippen MR) is 85.2 cm³/mol. The molecule has 0 unspecified atom stereocenters. The van der Waals surface area contributed by atoms with Gasteiger partial charge in [-0.15, -0.1) is 0 Å². The summed E-state index contributed by atoms with van der Waals surface area (Å²) in [5, 5.41) is 3.51. The third-order valence-corrected chi connectivity index (χ3v) is 3.66. The summed E-state index contributed by atoms with van der Waals surface area (Å²) in [6, 6.07) is 6.99. The van der Waals surface area contributed by atoms with E-state index in [-0.39, 0.29) is 5.60 Å². The lowest BCUT2D eigenvalue weighted by molar-refractivity contribution is -0.0163. The quantitative estimate of drug-likeness (QED) is 0.763. The molecule has 2 rings (SSSR count). The molecule has 0 radical (unpaired) electrons. The van der Waals surface area contributed by atoms with Crippen LogP contribution in [-0.2, 0) is 11.3 Å². The number of rotatable bonds is 7. The first-order valence-corrected chi connectivity index (χ1v) is 8.02. The maximum atomic E-state index is 5.73. The lowest BCUT2D eigenvalue weighted by atomic mass is 10.2. The number of benzene rings is 1. The maximum Gasteiger partial charge on any atom is 0.133 e. The van der Waals surface area contributed by atoms with Crippen molar-refractivity contribution >= 4 is 15.9 Å². The summed E-state index contributed by atoms with van der Waals surface area (Å²) < 4.78 is 12.4. The van der Waals surface area contributed by atoms with Crippen LogP contribution in [0.25, 0.3) is 0 Å². The van der Waals surface area contributed by atoms with Crippen LogP contribution < -0.4 is 10.1 Å². The van der Waals surface area contributed by atoms with Crippen LogP contribution in [0.4, 0.5) is 0 Å². The molecule has 1 fully saturated rings. The summed E-state index contributed by atoms with van der Waals surface area (Å²) in [6.07, 6.45) is 2.63. The minimum atomic E-state index is -0.112. The second kappa shape index (κ2) is 6.92. The SMILES string of the molecule is CC(C)(C)OCCOc1ccc(CNC2CC2)cc1Br. The van der Waals surface area contributed by atoms with Gasteiger partial charge in [-0.2, -0.15) is 0 Å². The molecule has 112 valence electrons. The highest BCUT2D eigenvalue weighted by Crippen LogP contribution is 2.27. The van der Waals surface area contributed by atoms with Crippen molar-refractivity contribution in [1.82, 2.24) is 5.32 Å². The number of hydrogen-bond acceptors (Lipinski definition) is 3. The smallest absolute Gasteiger partial charge is 0.133 e. The Morgan fingerprint density at radius 1 is 1.25 bits per heavy atom. The van der Waals surface area contributed by atoms with Gasteiger partial charge in [0.25, 0.3) is 0 Å². The minimum absolute atomic E-state index is 0.112. The van der Waals surface area contributed by atoms with Gasteiger partial charge in [0.15, 0.2) is 0 Å². The Morgan fingerprint density at radius 2 is 2.00 bits per heavy atom. The molecule has 1 N–H and O–H groups in total. The van der Waals surface area contributed by atoms with Gasteiger partial charge in [-0.3, -0.25) is 0 Å². The molecule has 0 amide bonds. The molecule has 0 atom stereocenters. The molecule has 0 spiro atoms. The highest BCUT2D eigenvalue weighted by Gasteiger charge is 2.20. The van der Waals surface area contributed by atoms with Crippen molar-refractivity contribution in [3.05, 3.63) is 28.2 Å². The zero-order valence-electron chi connectivity index (χ0n) is 12.5. The van der Waals surface area contributed by atoms with Crippen LogP contribution in [0.1, 0.15) is 39.2 Å². The van der Waals surface area contributed by atoms with Gasteiger partial charge in [-0.1, -0.05) is 6.07 Å². The molecule has 0 heterocycles. The molecule has 4 heteroatoms. The lowest BCUT2D eigenvalue weighted by Crippen LogP contribution is -2.22. The standard InChI is InChI=1S/C16H24BrNO2/c1-16(2,3)20-9-8-19-15-7-4-12(10-14(15)17)11-18-13-5-6-13/h4,7,10,13,18H,5-6,8-9,11H2,1-3H3. The molecule has 0 aliphatic heterocycles. The van der Waals surface area contributed by atoms with Gasteiger partial charge in [-0.05, 0) is 67.2 Å². The van der Waals surface area contributed by atoms with Crippen LogP contribution in [0, 0.1) is 0 Å². The van der Waals surface area contributed by atoms with Gasteiger partial charge < -0.3 is 14.8 Å². The lowest BCUT2D eigenvalue weighted by Gasteiger charge is -2.19. The zero-order valence-corrected chi connectivity index (χ0v) is 14.1. The van der Waals surface area contributed by atoms with Gasteiger partial charge >= 0.3 is 0 Å². The Labute approximate surface area is 130 Å². The van der Waals surface area contributed by atoms with Crippen LogP contribution >= 0.6 is 15.9 Å². The highest BCUT2D eigenvalue weighted by molar-refractivity contribution is 9.10. The van der Waals surface area contributed by atoms with Gasteiger partial charge in [0.05, 0.1) is 16.7 Å². The second-order valence-electron chi connectivity index (χ2n) is 6.23. The summed E-state index contributed by atoms with van der Waals surface area (Å²) in [5.74, 6) is 0.873. The van der Waals surface area contributed by atoms with Crippen LogP contribution in [0.2, 0.25) is 0 Å². The number of hydrogen-bond donors (Lipinski definition) is 1. The third kappa shape index (κ3) is 5.81. The van der Waals surface area contributed by atoms with E-state index in [1.807, 2.05) is 26.8 Å². The molecular weight excluding hydrogens is 318 g/mol. The molecular formula is C16H24BrNO2. The average molecular weight is 342 g/mol. The van der Waals surface area contributed by atoms with Crippen LogP contribution in [-0.4, -0.2) is 24.9 Å². The van der Waals surface area contributed by atoms with Crippen LogP contribution in [0.15, 0.2) is 22.7 Å². The molecule has 0 aromatic heterocycles. The topological polar surface area (TPSA) is 30.5 Å².